The summed E-state index contributed by atoms with van der Waals surface area (Å²) < 4.78 is 2.06. The van der Waals surface area contributed by atoms with E-state index in [2.05, 4.69) is 10.6 Å². The van der Waals surface area contributed by atoms with E-state index in [1.54, 1.807) is 0 Å². The van der Waals surface area contributed by atoms with Crippen LogP contribution in [0.1, 0.15) is 15.9 Å². The number of benzene rings is 2. The Labute approximate surface area is 118 Å². The van der Waals surface area contributed by atoms with Gasteiger partial charge in [-0.1, -0.05) is 54.6 Å². The van der Waals surface area contributed by atoms with Crippen LogP contribution >= 0.6 is 0 Å². The van der Waals surface area contributed by atoms with E-state index in [0.29, 0.717) is 5.56 Å². The Kier molecular flexibility index (Phi) is 3.21. The van der Waals surface area contributed by atoms with Crippen LogP contribution in [0, 0.1) is 0 Å². The standard InChI is InChI=1S/C18H15NO/c1-19-13-5-8-17(19)14-9-11-16(12-10-14)18(20)15-6-3-2-4-7-15/h2-13H,1H3. The summed E-state index contributed by atoms with van der Waals surface area (Å²) in [5.41, 5.74) is 3.69. The van der Waals surface area contributed by atoms with E-state index in [9.17, 15) is 4.79 Å². The zero-order valence-electron chi connectivity index (χ0n) is 11.3. The van der Waals surface area contributed by atoms with Crippen LogP contribution in [-0.4, -0.2) is 10.4 Å². The number of aromatic nitrogens is 1. The lowest BCUT2D eigenvalue weighted by Gasteiger charge is -2.05. The van der Waals surface area contributed by atoms with E-state index < -0.39 is 0 Å². The predicted molar refractivity (Wildman–Crippen MR) is 80.7 cm³/mol. The lowest BCUT2D eigenvalue weighted by atomic mass is 10.0. The van der Waals surface area contributed by atoms with Gasteiger partial charge in [0, 0.05) is 30.1 Å². The van der Waals surface area contributed by atoms with Crippen molar-refractivity contribution in [3.63, 3.8) is 0 Å². The van der Waals surface area contributed by atoms with E-state index in [4.69, 9.17) is 0 Å². The molecular weight excluding hydrogens is 246 g/mol. The lowest BCUT2D eigenvalue weighted by molar-refractivity contribution is 0.103. The van der Waals surface area contributed by atoms with Gasteiger partial charge < -0.3 is 4.57 Å². The summed E-state index contributed by atoms with van der Waals surface area (Å²) in [5, 5.41) is 0. The maximum atomic E-state index is 12.3. The van der Waals surface area contributed by atoms with Gasteiger partial charge in [0.2, 0.25) is 0 Å². The third kappa shape index (κ3) is 2.28. The molecule has 0 saturated heterocycles. The summed E-state index contributed by atoms with van der Waals surface area (Å²) in [4.78, 5) is 12.3. The first kappa shape index (κ1) is 12.4. The maximum Gasteiger partial charge on any atom is 0.193 e. The van der Waals surface area contributed by atoms with Gasteiger partial charge >= 0.3 is 0 Å². The lowest BCUT2D eigenvalue weighted by Crippen LogP contribution is -2.00. The Morgan fingerprint density at radius 3 is 2.05 bits per heavy atom. The van der Waals surface area contributed by atoms with Crippen LogP contribution in [0.3, 0.4) is 0 Å². The van der Waals surface area contributed by atoms with Crippen LogP contribution in [0.15, 0.2) is 72.9 Å². The molecule has 0 N–H and O–H groups in total. The molecule has 0 aliphatic rings. The van der Waals surface area contributed by atoms with E-state index in [0.717, 1.165) is 16.8 Å². The van der Waals surface area contributed by atoms with Crippen molar-refractivity contribution < 1.29 is 4.79 Å². The highest BCUT2D eigenvalue weighted by Crippen LogP contribution is 2.20. The third-order valence-electron chi connectivity index (χ3n) is 3.42. The van der Waals surface area contributed by atoms with Crippen LogP contribution in [0.25, 0.3) is 11.3 Å². The molecule has 0 radical (unpaired) electrons. The van der Waals surface area contributed by atoms with Gasteiger partial charge in [-0.3, -0.25) is 4.79 Å². The summed E-state index contributed by atoms with van der Waals surface area (Å²) in [6, 6.07) is 21.2. The van der Waals surface area contributed by atoms with Crippen molar-refractivity contribution in [2.45, 2.75) is 0 Å². The van der Waals surface area contributed by atoms with Crippen molar-refractivity contribution in [3.05, 3.63) is 84.1 Å². The van der Waals surface area contributed by atoms with Gasteiger partial charge in [0.25, 0.3) is 0 Å². The van der Waals surface area contributed by atoms with E-state index in [1.165, 1.54) is 0 Å². The average molecular weight is 261 g/mol. The Hall–Kier alpha value is -2.61. The number of carbonyl (C=O) groups is 1. The number of hydrogen-bond acceptors (Lipinski definition) is 1. The second-order valence-electron chi connectivity index (χ2n) is 4.78. The SMILES string of the molecule is Cn1cccc1-c1ccc(C(=O)c2ccccc2)cc1. The Bertz CT molecular complexity index is 724. The minimum absolute atomic E-state index is 0.0593. The Morgan fingerprint density at radius 1 is 0.800 bits per heavy atom. The van der Waals surface area contributed by atoms with Crippen molar-refractivity contribution in [2.75, 3.05) is 0 Å². The van der Waals surface area contributed by atoms with Gasteiger partial charge in [0.05, 0.1) is 0 Å². The molecule has 0 bridgehead atoms. The second-order valence-corrected chi connectivity index (χ2v) is 4.78. The van der Waals surface area contributed by atoms with Crippen molar-refractivity contribution in [3.8, 4) is 11.3 Å². The molecule has 0 fully saturated rings. The molecule has 2 heteroatoms. The zero-order valence-corrected chi connectivity index (χ0v) is 11.3. The minimum atomic E-state index is 0.0593. The summed E-state index contributed by atoms with van der Waals surface area (Å²) in [7, 11) is 2.01. The van der Waals surface area contributed by atoms with Crippen molar-refractivity contribution in [1.82, 2.24) is 4.57 Å². The molecule has 2 aromatic carbocycles. The molecule has 98 valence electrons. The topological polar surface area (TPSA) is 22.0 Å². The first-order valence-electron chi connectivity index (χ1n) is 6.57. The Morgan fingerprint density at radius 2 is 1.45 bits per heavy atom. The molecule has 0 amide bonds. The van der Waals surface area contributed by atoms with Crippen molar-refractivity contribution >= 4 is 5.78 Å². The highest BCUT2D eigenvalue weighted by molar-refractivity contribution is 6.09. The number of hydrogen-bond donors (Lipinski definition) is 0. The molecule has 20 heavy (non-hydrogen) atoms. The quantitative estimate of drug-likeness (QED) is 0.655. The number of aryl methyl sites for hydroxylation is 1. The van der Waals surface area contributed by atoms with Crippen LogP contribution in [-0.2, 0) is 7.05 Å². The van der Waals surface area contributed by atoms with Crippen LogP contribution in [0.2, 0.25) is 0 Å². The normalized spacial score (nSPS) is 10.4. The Balaban J connectivity index is 1.91. The minimum Gasteiger partial charge on any atom is -0.351 e. The molecule has 0 aliphatic carbocycles. The largest absolute Gasteiger partial charge is 0.351 e. The number of nitrogens with zero attached hydrogens (tertiary/aromatic N) is 1. The molecule has 1 heterocycles. The fourth-order valence-corrected chi connectivity index (χ4v) is 2.31. The molecule has 0 spiro atoms. The molecule has 0 atom stereocenters. The predicted octanol–water partition coefficient (Wildman–Crippen LogP) is 3.92. The van der Waals surface area contributed by atoms with Crippen LogP contribution in [0.4, 0.5) is 0 Å². The van der Waals surface area contributed by atoms with Gasteiger partial charge in [-0.15, -0.1) is 0 Å². The van der Waals surface area contributed by atoms with Gasteiger partial charge in [-0.2, -0.15) is 0 Å². The van der Waals surface area contributed by atoms with Gasteiger partial charge in [0.15, 0.2) is 5.78 Å². The number of ketones is 1. The zero-order chi connectivity index (χ0) is 13.9. The highest BCUT2D eigenvalue weighted by atomic mass is 16.1. The molecular formula is C18H15NO. The molecule has 0 aliphatic heterocycles. The van der Waals surface area contributed by atoms with E-state index >= 15 is 0 Å². The number of rotatable bonds is 3. The first-order valence-corrected chi connectivity index (χ1v) is 6.57. The average Bonchev–Trinajstić information content (AvgIpc) is 2.94. The van der Waals surface area contributed by atoms with Crippen LogP contribution < -0.4 is 0 Å². The van der Waals surface area contributed by atoms with E-state index in [1.807, 2.05) is 73.9 Å². The first-order chi connectivity index (χ1) is 9.75. The molecule has 2 nitrogen and oxygen atoms in total. The van der Waals surface area contributed by atoms with E-state index in [-0.39, 0.29) is 5.78 Å². The monoisotopic (exact) mass is 261 g/mol. The van der Waals surface area contributed by atoms with Crippen LogP contribution in [0.5, 0.6) is 0 Å². The summed E-state index contributed by atoms with van der Waals surface area (Å²) >= 11 is 0. The molecule has 0 unspecified atom stereocenters. The smallest absolute Gasteiger partial charge is 0.193 e. The number of carbonyl (C=O) groups excluding carboxylic acids is 1. The molecule has 3 rings (SSSR count). The summed E-state index contributed by atoms with van der Waals surface area (Å²) in [6.45, 7) is 0. The van der Waals surface area contributed by atoms with Crippen molar-refractivity contribution in [2.24, 2.45) is 7.05 Å². The van der Waals surface area contributed by atoms with Gasteiger partial charge in [0.1, 0.15) is 0 Å². The fraction of sp³-hybridized carbons (Fsp3) is 0.0556. The summed E-state index contributed by atoms with van der Waals surface area (Å²) in [5.74, 6) is 0.0593. The molecule has 3 aromatic rings. The summed E-state index contributed by atoms with van der Waals surface area (Å²) in [6.07, 6.45) is 2.01. The fourth-order valence-electron chi connectivity index (χ4n) is 2.31. The second kappa shape index (κ2) is 5.17. The maximum absolute atomic E-state index is 12.3. The van der Waals surface area contributed by atoms with Gasteiger partial charge in [-0.25, -0.2) is 0 Å². The van der Waals surface area contributed by atoms with Crippen molar-refractivity contribution in [1.29, 1.82) is 0 Å². The molecule has 1 aromatic heterocycles. The highest BCUT2D eigenvalue weighted by Gasteiger charge is 2.09. The van der Waals surface area contributed by atoms with Gasteiger partial charge in [-0.05, 0) is 17.7 Å². The third-order valence-corrected chi connectivity index (χ3v) is 3.42. The molecule has 0 saturated carbocycles.